The van der Waals surface area contributed by atoms with E-state index < -0.39 is 23.3 Å². The molecular weight excluding hydrogens is 272 g/mol. The Balaban J connectivity index is 2.76. The Hall–Kier alpha value is -1.65. The Labute approximate surface area is 124 Å². The molecule has 0 aromatic heterocycles. The molecule has 0 spiro atoms. The van der Waals surface area contributed by atoms with Crippen molar-refractivity contribution in [1.82, 2.24) is 0 Å². The van der Waals surface area contributed by atoms with E-state index in [0.717, 1.165) is 0 Å². The van der Waals surface area contributed by atoms with E-state index >= 15 is 0 Å². The van der Waals surface area contributed by atoms with Gasteiger partial charge in [-0.15, -0.1) is 0 Å². The van der Waals surface area contributed by atoms with Gasteiger partial charge in [-0.1, -0.05) is 27.7 Å². The normalized spacial score (nSPS) is 33.9. The van der Waals surface area contributed by atoms with Crippen LogP contribution in [-0.2, 0) is 23.9 Å². The van der Waals surface area contributed by atoms with Crippen molar-refractivity contribution in [2.24, 2.45) is 29.1 Å². The first-order valence-electron chi connectivity index (χ1n) is 7.15. The van der Waals surface area contributed by atoms with Gasteiger partial charge in [0.25, 0.3) is 0 Å². The number of Topliss-reactive ketones (excluding diaryl/α,β-unsaturated/α-hetero) is 1. The van der Waals surface area contributed by atoms with Gasteiger partial charge in [0, 0.05) is 11.3 Å². The standard InChI is InChI=1S/C16H22O5/c1-7-8(2)12-11(15(19)21-6)10(14(18)20-5)9(7)13(17)16(12,3)4/h7-9,12H,1-6H3. The number of rotatable bonds is 2. The lowest BCUT2D eigenvalue weighted by Gasteiger charge is -2.53. The van der Waals surface area contributed by atoms with Gasteiger partial charge in [0.15, 0.2) is 0 Å². The van der Waals surface area contributed by atoms with E-state index in [0.29, 0.717) is 5.57 Å². The molecule has 0 radical (unpaired) electrons. The molecule has 0 heterocycles. The Morgan fingerprint density at radius 3 is 1.90 bits per heavy atom. The lowest BCUT2D eigenvalue weighted by Crippen LogP contribution is -2.58. The number of esters is 2. The molecule has 3 aliphatic carbocycles. The van der Waals surface area contributed by atoms with Gasteiger partial charge in [-0.05, 0) is 11.8 Å². The average Bonchev–Trinajstić information content (AvgIpc) is 2.45. The maximum atomic E-state index is 12.8. The summed E-state index contributed by atoms with van der Waals surface area (Å²) in [5, 5.41) is 0. The van der Waals surface area contributed by atoms with E-state index in [1.54, 1.807) is 0 Å². The number of carbonyl (C=O) groups is 3. The molecule has 0 aromatic carbocycles. The molecule has 1 saturated carbocycles. The molecule has 0 saturated heterocycles. The van der Waals surface area contributed by atoms with Crippen molar-refractivity contribution in [3.8, 4) is 0 Å². The highest BCUT2D eigenvalue weighted by Gasteiger charge is 2.61. The van der Waals surface area contributed by atoms with E-state index in [9.17, 15) is 14.4 Å². The first-order chi connectivity index (χ1) is 9.69. The molecule has 5 nitrogen and oxygen atoms in total. The summed E-state index contributed by atoms with van der Waals surface area (Å²) in [6.07, 6.45) is 0. The number of ketones is 1. The maximum absolute atomic E-state index is 12.8. The third kappa shape index (κ3) is 1.93. The summed E-state index contributed by atoms with van der Waals surface area (Å²) in [5.41, 5.74) is -0.161. The molecule has 4 atom stereocenters. The minimum Gasteiger partial charge on any atom is -0.466 e. The molecule has 21 heavy (non-hydrogen) atoms. The molecule has 0 N–H and O–H groups in total. The quantitative estimate of drug-likeness (QED) is 0.726. The summed E-state index contributed by atoms with van der Waals surface area (Å²) < 4.78 is 9.67. The van der Waals surface area contributed by atoms with Crippen LogP contribution >= 0.6 is 0 Å². The fourth-order valence-corrected chi connectivity index (χ4v) is 4.10. The number of ether oxygens (including phenoxy) is 2. The summed E-state index contributed by atoms with van der Waals surface area (Å²) in [6.45, 7) is 7.65. The smallest absolute Gasteiger partial charge is 0.335 e. The highest BCUT2D eigenvalue weighted by molar-refractivity contribution is 6.10. The summed E-state index contributed by atoms with van der Waals surface area (Å²) >= 11 is 0. The van der Waals surface area contributed by atoms with Crippen LogP contribution in [0.1, 0.15) is 27.7 Å². The van der Waals surface area contributed by atoms with Gasteiger partial charge < -0.3 is 9.47 Å². The minimum atomic E-state index is -0.683. The van der Waals surface area contributed by atoms with E-state index in [2.05, 4.69) is 0 Å². The second-order valence-corrected chi connectivity index (χ2v) is 6.57. The van der Waals surface area contributed by atoms with Gasteiger partial charge in [0.05, 0.1) is 31.3 Å². The fourth-order valence-electron chi connectivity index (χ4n) is 4.10. The van der Waals surface area contributed by atoms with Crippen molar-refractivity contribution in [3.05, 3.63) is 11.1 Å². The van der Waals surface area contributed by atoms with Crippen molar-refractivity contribution in [2.75, 3.05) is 14.2 Å². The van der Waals surface area contributed by atoms with Gasteiger partial charge in [0.2, 0.25) is 0 Å². The van der Waals surface area contributed by atoms with E-state index in [1.807, 2.05) is 27.7 Å². The van der Waals surface area contributed by atoms with E-state index in [-0.39, 0.29) is 29.1 Å². The van der Waals surface area contributed by atoms with Crippen molar-refractivity contribution >= 4 is 17.7 Å². The molecular formula is C16H22O5. The van der Waals surface area contributed by atoms with Crippen LogP contribution in [0.4, 0.5) is 0 Å². The molecule has 0 amide bonds. The molecule has 0 aliphatic heterocycles. The van der Waals surface area contributed by atoms with E-state index in [4.69, 9.17) is 9.47 Å². The minimum absolute atomic E-state index is 0.00182. The third-order valence-electron chi connectivity index (χ3n) is 5.30. The number of hydrogen-bond donors (Lipinski definition) is 0. The molecule has 3 aliphatic rings. The van der Waals surface area contributed by atoms with Crippen LogP contribution < -0.4 is 0 Å². The van der Waals surface area contributed by atoms with Gasteiger partial charge in [-0.3, -0.25) is 4.79 Å². The zero-order valence-corrected chi connectivity index (χ0v) is 13.4. The highest BCUT2D eigenvalue weighted by Crippen LogP contribution is 2.57. The molecule has 116 valence electrons. The van der Waals surface area contributed by atoms with Crippen molar-refractivity contribution < 1.29 is 23.9 Å². The zero-order chi connectivity index (χ0) is 16.1. The monoisotopic (exact) mass is 294 g/mol. The number of carbonyl (C=O) groups excluding carboxylic acids is 3. The lowest BCUT2D eigenvalue weighted by molar-refractivity contribution is -0.153. The Morgan fingerprint density at radius 1 is 0.952 bits per heavy atom. The molecule has 2 bridgehead atoms. The molecule has 0 aromatic rings. The van der Waals surface area contributed by atoms with Crippen molar-refractivity contribution in [2.45, 2.75) is 27.7 Å². The SMILES string of the molecule is COC(=O)C1=C(C(=O)OC)C2C(C)C(C)C1C(=O)C2(C)C. The van der Waals surface area contributed by atoms with Crippen LogP contribution in [0.3, 0.4) is 0 Å². The predicted octanol–water partition coefficient (Wildman–Crippen LogP) is 1.76. The second kappa shape index (κ2) is 4.97. The summed E-state index contributed by atoms with van der Waals surface area (Å²) in [5.74, 6) is -1.94. The van der Waals surface area contributed by atoms with Crippen molar-refractivity contribution in [3.63, 3.8) is 0 Å². The van der Waals surface area contributed by atoms with Gasteiger partial charge in [-0.2, -0.15) is 0 Å². The average molecular weight is 294 g/mol. The molecule has 4 unspecified atom stereocenters. The fraction of sp³-hybridized carbons (Fsp3) is 0.688. The number of hydrogen-bond acceptors (Lipinski definition) is 5. The summed E-state index contributed by atoms with van der Waals surface area (Å²) in [6, 6.07) is 0. The van der Waals surface area contributed by atoms with Crippen LogP contribution in [0.5, 0.6) is 0 Å². The van der Waals surface area contributed by atoms with Crippen LogP contribution in [-0.4, -0.2) is 31.9 Å². The third-order valence-corrected chi connectivity index (χ3v) is 5.30. The molecule has 3 rings (SSSR count). The molecule has 1 fully saturated rings. The Morgan fingerprint density at radius 2 is 1.43 bits per heavy atom. The Kier molecular flexibility index (Phi) is 3.72. The largest absolute Gasteiger partial charge is 0.466 e. The van der Waals surface area contributed by atoms with Gasteiger partial charge in [0.1, 0.15) is 5.78 Å². The van der Waals surface area contributed by atoms with Gasteiger partial charge >= 0.3 is 11.9 Å². The zero-order valence-electron chi connectivity index (χ0n) is 13.4. The number of methoxy groups -OCH3 is 2. The summed E-state index contributed by atoms with van der Waals surface area (Å²) in [7, 11) is 2.55. The molecule has 5 heteroatoms. The topological polar surface area (TPSA) is 69.7 Å². The van der Waals surface area contributed by atoms with Crippen LogP contribution in [0.15, 0.2) is 11.1 Å². The predicted molar refractivity (Wildman–Crippen MR) is 75.2 cm³/mol. The second-order valence-electron chi connectivity index (χ2n) is 6.57. The van der Waals surface area contributed by atoms with Gasteiger partial charge in [-0.25, -0.2) is 9.59 Å². The van der Waals surface area contributed by atoms with Crippen LogP contribution in [0, 0.1) is 29.1 Å². The summed E-state index contributed by atoms with van der Waals surface area (Å²) in [4.78, 5) is 37.1. The van der Waals surface area contributed by atoms with Crippen LogP contribution in [0.2, 0.25) is 0 Å². The first kappa shape index (κ1) is 15.7. The lowest BCUT2D eigenvalue weighted by atomic mass is 9.47. The number of fused-ring (bicyclic) bond motifs is 2. The highest BCUT2D eigenvalue weighted by atomic mass is 16.5. The van der Waals surface area contributed by atoms with Crippen LogP contribution in [0.25, 0.3) is 0 Å². The Bertz CT molecular complexity index is 543. The maximum Gasteiger partial charge on any atom is 0.335 e. The van der Waals surface area contributed by atoms with Crippen molar-refractivity contribution in [1.29, 1.82) is 0 Å². The van der Waals surface area contributed by atoms with E-state index in [1.165, 1.54) is 14.2 Å². The first-order valence-corrected chi connectivity index (χ1v) is 7.15.